The Bertz CT molecular complexity index is 699. The summed E-state index contributed by atoms with van der Waals surface area (Å²) in [7, 11) is -9.77. The number of hydrogen-bond donors (Lipinski definition) is 1. The maximum Gasteiger partial charge on any atom is 0.465 e. The van der Waals surface area contributed by atoms with Crippen LogP contribution in [0.3, 0.4) is 0 Å². The highest BCUT2D eigenvalue weighted by molar-refractivity contribution is 7.88. The van der Waals surface area contributed by atoms with Crippen molar-refractivity contribution in [1.29, 1.82) is 0 Å². The third kappa shape index (κ3) is 1.99. The summed E-state index contributed by atoms with van der Waals surface area (Å²) < 4.78 is 88.0. The molecule has 1 saturated heterocycles. The highest BCUT2D eigenvalue weighted by Crippen LogP contribution is 2.55. The number of rotatable bonds is 3. The SMILES string of the molecule is O=C(OC1C2CC3C1OS(=O)(=O)C3C2)C(F)(F)S(=O)(=O)O. The van der Waals surface area contributed by atoms with Gasteiger partial charge in [-0.3, -0.25) is 8.74 Å². The molecular weight excluding hydrogens is 338 g/mol. The lowest BCUT2D eigenvalue weighted by Gasteiger charge is -2.25. The van der Waals surface area contributed by atoms with Crippen LogP contribution in [0.1, 0.15) is 12.8 Å². The molecule has 120 valence electrons. The lowest BCUT2D eigenvalue weighted by atomic mass is 9.94. The second-order valence-corrected chi connectivity index (χ2v) is 8.60. The van der Waals surface area contributed by atoms with Crippen LogP contribution in [0.2, 0.25) is 0 Å². The number of halogens is 2. The standard InChI is InChI=1S/C9H10F2O8S2/c10-9(11,21(15,16)17)8(12)18-6-3-1-4-5(2-3)20(13,14)19-7(4)6/h3-7H,1-2H2,(H,15,16,17). The van der Waals surface area contributed by atoms with Crippen molar-refractivity contribution in [2.45, 2.75) is 35.6 Å². The summed E-state index contributed by atoms with van der Waals surface area (Å²) in [5.41, 5.74) is 0. The van der Waals surface area contributed by atoms with Crippen LogP contribution in [-0.4, -0.2) is 50.1 Å². The molecular formula is C9H10F2O8S2. The second-order valence-electron chi connectivity index (χ2n) is 5.35. The first-order chi connectivity index (χ1) is 9.45. The van der Waals surface area contributed by atoms with Gasteiger partial charge in [0.25, 0.3) is 10.1 Å². The van der Waals surface area contributed by atoms with Gasteiger partial charge in [-0.1, -0.05) is 0 Å². The molecule has 8 nitrogen and oxygen atoms in total. The number of carbonyl (C=O) groups is 1. The quantitative estimate of drug-likeness (QED) is 0.412. The van der Waals surface area contributed by atoms with E-state index in [4.69, 9.17) is 8.74 Å². The molecule has 2 saturated carbocycles. The number of hydrogen-bond acceptors (Lipinski definition) is 7. The molecule has 1 heterocycles. The Balaban J connectivity index is 1.81. The van der Waals surface area contributed by atoms with Crippen LogP contribution in [0.15, 0.2) is 0 Å². The summed E-state index contributed by atoms with van der Waals surface area (Å²) in [6.07, 6.45) is -1.88. The Morgan fingerprint density at radius 3 is 2.52 bits per heavy atom. The third-order valence-corrected chi connectivity index (χ3v) is 6.81. The maximum atomic E-state index is 13.1. The number of esters is 1. The topological polar surface area (TPSA) is 124 Å². The van der Waals surface area contributed by atoms with Crippen molar-refractivity contribution in [3.63, 3.8) is 0 Å². The fraction of sp³-hybridized carbons (Fsp3) is 0.889. The lowest BCUT2D eigenvalue weighted by Crippen LogP contribution is -2.45. The van der Waals surface area contributed by atoms with E-state index in [2.05, 4.69) is 4.74 Å². The first kappa shape index (κ1) is 15.1. The monoisotopic (exact) mass is 348 g/mol. The zero-order valence-electron chi connectivity index (χ0n) is 10.2. The van der Waals surface area contributed by atoms with Crippen molar-refractivity contribution >= 4 is 26.2 Å². The molecule has 1 aliphatic heterocycles. The van der Waals surface area contributed by atoms with Crippen molar-refractivity contribution < 1.29 is 43.9 Å². The summed E-state index contributed by atoms with van der Waals surface area (Å²) in [4.78, 5) is 11.3. The number of fused-ring (bicyclic) bond motifs is 1. The van der Waals surface area contributed by atoms with Gasteiger partial charge in [-0.25, -0.2) is 4.79 Å². The summed E-state index contributed by atoms with van der Waals surface area (Å²) in [5, 5.41) is -5.84. The molecule has 0 spiro atoms. The first-order valence-corrected chi connectivity index (χ1v) is 8.84. The van der Waals surface area contributed by atoms with Crippen LogP contribution in [0.5, 0.6) is 0 Å². The van der Waals surface area contributed by atoms with Crippen LogP contribution in [-0.2, 0) is 34.0 Å². The van der Waals surface area contributed by atoms with Gasteiger partial charge in [-0.15, -0.1) is 0 Å². The molecule has 12 heteroatoms. The number of ether oxygens (including phenoxy) is 1. The third-order valence-electron chi connectivity index (χ3n) is 4.22. The fourth-order valence-electron chi connectivity index (χ4n) is 3.34. The van der Waals surface area contributed by atoms with Crippen molar-refractivity contribution in [1.82, 2.24) is 0 Å². The van der Waals surface area contributed by atoms with Gasteiger partial charge in [0.15, 0.2) is 0 Å². The van der Waals surface area contributed by atoms with E-state index in [1.807, 2.05) is 0 Å². The maximum absolute atomic E-state index is 13.1. The molecule has 3 aliphatic rings. The highest BCUT2D eigenvalue weighted by Gasteiger charge is 2.66. The molecule has 5 unspecified atom stereocenters. The molecule has 2 aliphatic carbocycles. The molecule has 0 aromatic heterocycles. The molecule has 0 aromatic carbocycles. The molecule has 0 radical (unpaired) electrons. The predicted octanol–water partition coefficient (Wildman–Crippen LogP) is -0.484. The minimum Gasteiger partial charge on any atom is -0.454 e. The van der Waals surface area contributed by atoms with Gasteiger partial charge in [0.1, 0.15) is 12.2 Å². The van der Waals surface area contributed by atoms with Crippen molar-refractivity contribution in [3.05, 3.63) is 0 Å². The predicted molar refractivity (Wildman–Crippen MR) is 60.2 cm³/mol. The van der Waals surface area contributed by atoms with Gasteiger partial charge in [-0.2, -0.15) is 25.6 Å². The molecule has 1 N–H and O–H groups in total. The number of alkyl halides is 2. The second kappa shape index (κ2) is 4.12. The van der Waals surface area contributed by atoms with Gasteiger partial charge in [0.05, 0.1) is 5.25 Å². The van der Waals surface area contributed by atoms with Crippen LogP contribution in [0.4, 0.5) is 8.78 Å². The zero-order valence-corrected chi connectivity index (χ0v) is 11.8. The summed E-state index contributed by atoms with van der Waals surface area (Å²) in [6, 6.07) is 0. The molecule has 2 bridgehead atoms. The molecule has 3 fully saturated rings. The Morgan fingerprint density at radius 1 is 1.33 bits per heavy atom. The molecule has 0 amide bonds. The van der Waals surface area contributed by atoms with Gasteiger partial charge in [0, 0.05) is 11.8 Å². The molecule has 21 heavy (non-hydrogen) atoms. The van der Waals surface area contributed by atoms with E-state index in [1.54, 1.807) is 0 Å². The summed E-state index contributed by atoms with van der Waals surface area (Å²) in [5.74, 6) is -3.37. The minimum atomic E-state index is -5.96. The van der Waals surface area contributed by atoms with E-state index < -0.39 is 60.8 Å². The minimum absolute atomic E-state index is 0.110. The van der Waals surface area contributed by atoms with Crippen molar-refractivity contribution in [2.75, 3.05) is 0 Å². The van der Waals surface area contributed by atoms with Crippen LogP contribution in [0.25, 0.3) is 0 Å². The average Bonchev–Trinajstić information content (AvgIpc) is 2.91. The fourth-order valence-corrected chi connectivity index (χ4v) is 5.48. The van der Waals surface area contributed by atoms with Crippen molar-refractivity contribution in [3.8, 4) is 0 Å². The molecule has 5 atom stereocenters. The Labute approximate surface area is 118 Å². The summed E-state index contributed by atoms with van der Waals surface area (Å²) >= 11 is 0. The van der Waals surface area contributed by atoms with E-state index in [1.165, 1.54) is 0 Å². The van der Waals surface area contributed by atoms with E-state index >= 15 is 0 Å². The largest absolute Gasteiger partial charge is 0.465 e. The van der Waals surface area contributed by atoms with E-state index in [0.29, 0.717) is 6.42 Å². The Morgan fingerprint density at radius 2 is 1.95 bits per heavy atom. The van der Waals surface area contributed by atoms with Crippen molar-refractivity contribution in [2.24, 2.45) is 11.8 Å². The van der Waals surface area contributed by atoms with Gasteiger partial charge in [0.2, 0.25) is 0 Å². The normalized spacial score (nSPS) is 40.4. The molecule has 3 rings (SSSR count). The zero-order chi connectivity index (χ0) is 15.8. The highest BCUT2D eigenvalue weighted by atomic mass is 32.2. The van der Waals surface area contributed by atoms with E-state index in [0.717, 1.165) is 0 Å². The van der Waals surface area contributed by atoms with Gasteiger partial charge >= 0.3 is 21.3 Å². The Hall–Kier alpha value is -0.850. The number of carbonyl (C=O) groups excluding carboxylic acids is 1. The average molecular weight is 348 g/mol. The van der Waals surface area contributed by atoms with E-state index in [9.17, 15) is 30.4 Å². The van der Waals surface area contributed by atoms with Gasteiger partial charge in [-0.05, 0) is 12.8 Å². The summed E-state index contributed by atoms with van der Waals surface area (Å²) in [6.45, 7) is 0. The van der Waals surface area contributed by atoms with Crippen LogP contribution < -0.4 is 0 Å². The van der Waals surface area contributed by atoms with Crippen LogP contribution in [0, 0.1) is 11.8 Å². The van der Waals surface area contributed by atoms with Crippen LogP contribution >= 0.6 is 0 Å². The lowest BCUT2D eigenvalue weighted by molar-refractivity contribution is -0.173. The smallest absolute Gasteiger partial charge is 0.454 e. The molecule has 0 aromatic rings. The van der Waals surface area contributed by atoms with Gasteiger partial charge < -0.3 is 4.74 Å². The Kier molecular flexibility index (Phi) is 2.95. The van der Waals surface area contributed by atoms with E-state index in [-0.39, 0.29) is 6.42 Å². The first-order valence-electron chi connectivity index (χ1n) is 5.93.